The van der Waals surface area contributed by atoms with Crippen molar-refractivity contribution < 1.29 is 19.0 Å². The number of benzene rings is 1. The fourth-order valence-corrected chi connectivity index (χ4v) is 0.986. The van der Waals surface area contributed by atoms with Crippen molar-refractivity contribution in [3.05, 3.63) is 41.7 Å². The van der Waals surface area contributed by atoms with Gasteiger partial charge in [-0.05, 0) is 24.3 Å². The number of carboxylic acids is 1. The van der Waals surface area contributed by atoms with Crippen LogP contribution in [0.1, 0.15) is 5.56 Å². The molecule has 1 aromatic rings. The number of hydrogen-bond donors (Lipinski definition) is 1. The molecule has 1 N–H and O–H groups in total. The van der Waals surface area contributed by atoms with Gasteiger partial charge in [-0.3, -0.25) is 0 Å². The van der Waals surface area contributed by atoms with Gasteiger partial charge in [0.1, 0.15) is 11.6 Å². The normalized spacial score (nSPS) is 11.1. The van der Waals surface area contributed by atoms with E-state index in [9.17, 15) is 9.18 Å². The molecule has 0 fully saturated rings. The molecule has 3 nitrogen and oxygen atoms in total. The smallest absolute Gasteiger partial charge is 0.332 e. The highest BCUT2D eigenvalue weighted by molar-refractivity contribution is 5.88. The van der Waals surface area contributed by atoms with Crippen LogP contribution in [0.3, 0.4) is 0 Å². The number of carbonyl (C=O) groups is 1. The highest BCUT2D eigenvalue weighted by Crippen LogP contribution is 2.15. The first kappa shape index (κ1) is 10.2. The molecule has 0 saturated heterocycles. The van der Waals surface area contributed by atoms with E-state index in [4.69, 9.17) is 9.84 Å². The number of halogens is 1. The van der Waals surface area contributed by atoms with Gasteiger partial charge in [0.2, 0.25) is 0 Å². The van der Waals surface area contributed by atoms with Crippen LogP contribution in [-0.2, 0) is 9.53 Å². The van der Waals surface area contributed by atoms with Crippen molar-refractivity contribution in [3.63, 3.8) is 0 Å². The molecule has 0 amide bonds. The van der Waals surface area contributed by atoms with Crippen LogP contribution in [0, 0.1) is 5.82 Å². The summed E-state index contributed by atoms with van der Waals surface area (Å²) >= 11 is 0. The standard InChI is InChI=1S/C10H9FO3/c1-14-9(6-10(12)13)7-2-4-8(11)5-3-7/h2-6H,1H3,(H,12,13). The van der Waals surface area contributed by atoms with Crippen LogP contribution >= 0.6 is 0 Å². The van der Waals surface area contributed by atoms with Crippen molar-refractivity contribution in [2.45, 2.75) is 0 Å². The minimum absolute atomic E-state index is 0.192. The Morgan fingerprint density at radius 1 is 1.43 bits per heavy atom. The minimum Gasteiger partial charge on any atom is -0.496 e. The number of carboxylic acid groups (broad SMARTS) is 1. The average molecular weight is 196 g/mol. The molecule has 4 heteroatoms. The first-order valence-corrected chi connectivity index (χ1v) is 3.88. The minimum atomic E-state index is -1.11. The van der Waals surface area contributed by atoms with Gasteiger partial charge < -0.3 is 9.84 Å². The number of hydrogen-bond acceptors (Lipinski definition) is 2. The summed E-state index contributed by atoms with van der Waals surface area (Å²) in [4.78, 5) is 10.4. The van der Waals surface area contributed by atoms with E-state index in [1.54, 1.807) is 0 Å². The van der Waals surface area contributed by atoms with Crippen molar-refractivity contribution in [2.75, 3.05) is 7.11 Å². The van der Waals surface area contributed by atoms with Crippen molar-refractivity contribution >= 4 is 11.7 Å². The summed E-state index contributed by atoms with van der Waals surface area (Å²) in [5.74, 6) is -1.29. The van der Waals surface area contributed by atoms with E-state index in [0.717, 1.165) is 6.08 Å². The Morgan fingerprint density at radius 2 is 2.00 bits per heavy atom. The number of methoxy groups -OCH3 is 1. The Morgan fingerprint density at radius 3 is 2.43 bits per heavy atom. The number of rotatable bonds is 3. The predicted molar refractivity (Wildman–Crippen MR) is 49.0 cm³/mol. The molecule has 0 saturated carbocycles. The van der Waals surface area contributed by atoms with Crippen LogP contribution in [0.2, 0.25) is 0 Å². The average Bonchev–Trinajstić information content (AvgIpc) is 2.15. The zero-order valence-corrected chi connectivity index (χ0v) is 7.53. The SMILES string of the molecule is COC(=CC(=O)O)c1ccc(F)cc1. The van der Waals surface area contributed by atoms with Gasteiger partial charge >= 0.3 is 5.97 Å². The lowest BCUT2D eigenvalue weighted by Crippen LogP contribution is -1.94. The molecule has 0 aliphatic rings. The van der Waals surface area contributed by atoms with Crippen LogP contribution < -0.4 is 0 Å². The second kappa shape index (κ2) is 4.41. The summed E-state index contributed by atoms with van der Waals surface area (Å²) in [6.45, 7) is 0. The summed E-state index contributed by atoms with van der Waals surface area (Å²) in [6.07, 6.45) is 0.924. The zero-order valence-electron chi connectivity index (χ0n) is 7.53. The molecule has 0 heterocycles. The van der Waals surface area contributed by atoms with Crippen molar-refractivity contribution in [1.82, 2.24) is 0 Å². The molecule has 14 heavy (non-hydrogen) atoms. The lowest BCUT2D eigenvalue weighted by molar-refractivity contribution is -0.131. The molecule has 0 bridgehead atoms. The van der Waals surface area contributed by atoms with Gasteiger partial charge in [-0.25, -0.2) is 9.18 Å². The Kier molecular flexibility index (Phi) is 3.23. The van der Waals surface area contributed by atoms with E-state index in [1.165, 1.54) is 31.4 Å². The van der Waals surface area contributed by atoms with E-state index < -0.39 is 5.97 Å². The molecule has 0 radical (unpaired) electrons. The van der Waals surface area contributed by atoms with Gasteiger partial charge in [0.15, 0.2) is 0 Å². The fraction of sp³-hybridized carbons (Fsp3) is 0.100. The van der Waals surface area contributed by atoms with Crippen molar-refractivity contribution in [1.29, 1.82) is 0 Å². The monoisotopic (exact) mass is 196 g/mol. The van der Waals surface area contributed by atoms with Gasteiger partial charge in [-0.2, -0.15) is 0 Å². The summed E-state index contributed by atoms with van der Waals surface area (Å²) in [5.41, 5.74) is 0.524. The van der Waals surface area contributed by atoms with Crippen LogP contribution in [0.25, 0.3) is 5.76 Å². The maximum absolute atomic E-state index is 12.5. The Labute approximate surface area is 80.4 Å². The maximum atomic E-state index is 12.5. The van der Waals surface area contributed by atoms with E-state index in [-0.39, 0.29) is 11.6 Å². The molecule has 0 aliphatic carbocycles. The Hall–Kier alpha value is -1.84. The van der Waals surface area contributed by atoms with Crippen LogP contribution in [0.4, 0.5) is 4.39 Å². The van der Waals surface area contributed by atoms with Crippen LogP contribution in [-0.4, -0.2) is 18.2 Å². The lowest BCUT2D eigenvalue weighted by Gasteiger charge is -2.04. The molecule has 0 spiro atoms. The molecule has 0 aliphatic heterocycles. The predicted octanol–water partition coefficient (Wildman–Crippen LogP) is 1.90. The van der Waals surface area contributed by atoms with Gasteiger partial charge in [0.05, 0.1) is 13.2 Å². The van der Waals surface area contributed by atoms with Gasteiger partial charge in [0.25, 0.3) is 0 Å². The Balaban J connectivity index is 3.01. The highest BCUT2D eigenvalue weighted by Gasteiger charge is 2.03. The van der Waals surface area contributed by atoms with Crippen LogP contribution in [0.5, 0.6) is 0 Å². The van der Waals surface area contributed by atoms with Gasteiger partial charge in [-0.15, -0.1) is 0 Å². The molecular weight excluding hydrogens is 187 g/mol. The third-order valence-electron chi connectivity index (χ3n) is 1.60. The third kappa shape index (κ3) is 2.58. The van der Waals surface area contributed by atoms with Crippen molar-refractivity contribution in [2.24, 2.45) is 0 Å². The molecule has 74 valence electrons. The second-order valence-corrected chi connectivity index (χ2v) is 2.56. The maximum Gasteiger partial charge on any atom is 0.332 e. The number of ether oxygens (including phenoxy) is 1. The third-order valence-corrected chi connectivity index (χ3v) is 1.60. The van der Waals surface area contributed by atoms with E-state index in [0.29, 0.717) is 5.56 Å². The molecule has 0 unspecified atom stereocenters. The molecule has 0 atom stereocenters. The van der Waals surface area contributed by atoms with E-state index in [2.05, 4.69) is 0 Å². The Bertz CT molecular complexity index is 354. The van der Waals surface area contributed by atoms with Crippen molar-refractivity contribution in [3.8, 4) is 0 Å². The molecule has 1 aromatic carbocycles. The molecular formula is C10H9FO3. The largest absolute Gasteiger partial charge is 0.496 e. The van der Waals surface area contributed by atoms with Crippen LogP contribution in [0.15, 0.2) is 30.3 Å². The highest BCUT2D eigenvalue weighted by atomic mass is 19.1. The fourth-order valence-electron chi connectivity index (χ4n) is 0.986. The van der Waals surface area contributed by atoms with E-state index in [1.807, 2.05) is 0 Å². The topological polar surface area (TPSA) is 46.5 Å². The quantitative estimate of drug-likeness (QED) is 0.593. The summed E-state index contributed by atoms with van der Waals surface area (Å²) < 4.78 is 17.4. The first-order chi connectivity index (χ1) is 6.63. The lowest BCUT2D eigenvalue weighted by atomic mass is 10.2. The second-order valence-electron chi connectivity index (χ2n) is 2.56. The summed E-state index contributed by atoms with van der Waals surface area (Å²) in [5, 5.41) is 8.50. The number of aliphatic carboxylic acids is 1. The first-order valence-electron chi connectivity index (χ1n) is 3.88. The van der Waals surface area contributed by atoms with E-state index >= 15 is 0 Å². The molecule has 1 rings (SSSR count). The zero-order chi connectivity index (χ0) is 10.6. The summed E-state index contributed by atoms with van der Waals surface area (Å²) in [7, 11) is 1.36. The van der Waals surface area contributed by atoms with Gasteiger partial charge in [0, 0.05) is 5.56 Å². The molecule has 0 aromatic heterocycles. The summed E-state index contributed by atoms with van der Waals surface area (Å²) in [6, 6.07) is 5.38. The van der Waals surface area contributed by atoms with Gasteiger partial charge in [-0.1, -0.05) is 0 Å².